The van der Waals surface area contributed by atoms with Crippen molar-refractivity contribution in [3.63, 3.8) is 0 Å². The van der Waals surface area contributed by atoms with Gasteiger partial charge in [0, 0.05) is 5.54 Å². The molecule has 0 spiro atoms. The highest BCUT2D eigenvalue weighted by Crippen LogP contribution is 2.28. The monoisotopic (exact) mass is 199 g/mol. The number of primary amides is 1. The molecule has 80 valence electrons. The van der Waals surface area contributed by atoms with Gasteiger partial charge in [-0.15, -0.1) is 0 Å². The Morgan fingerprint density at radius 3 is 2.43 bits per heavy atom. The summed E-state index contributed by atoms with van der Waals surface area (Å²) < 4.78 is 0. The lowest BCUT2D eigenvalue weighted by molar-refractivity contribution is -0.119. The van der Waals surface area contributed by atoms with Crippen molar-refractivity contribution in [1.82, 2.24) is 10.6 Å². The van der Waals surface area contributed by atoms with Crippen molar-refractivity contribution in [1.29, 1.82) is 0 Å². The Morgan fingerprint density at radius 2 is 1.93 bits per heavy atom. The summed E-state index contributed by atoms with van der Waals surface area (Å²) in [7, 11) is 0. The maximum Gasteiger partial charge on any atom is 0.318 e. The first-order chi connectivity index (χ1) is 6.52. The van der Waals surface area contributed by atoms with E-state index in [9.17, 15) is 9.59 Å². The Morgan fingerprint density at radius 1 is 1.36 bits per heavy atom. The Hall–Kier alpha value is -1.10. The van der Waals surface area contributed by atoms with E-state index < -0.39 is 6.03 Å². The number of carbonyl (C=O) groups is 2. The molecule has 14 heavy (non-hydrogen) atoms. The van der Waals surface area contributed by atoms with E-state index in [0.717, 1.165) is 12.8 Å². The van der Waals surface area contributed by atoms with Gasteiger partial charge in [0.15, 0.2) is 0 Å². The summed E-state index contributed by atoms with van der Waals surface area (Å²) in [6.45, 7) is 2.25. The van der Waals surface area contributed by atoms with Crippen LogP contribution in [0.4, 0.5) is 4.79 Å². The topological polar surface area (TPSA) is 84.2 Å². The van der Waals surface area contributed by atoms with Gasteiger partial charge in [0.2, 0.25) is 5.91 Å². The number of nitrogens with one attached hydrogen (secondary N) is 2. The molecule has 0 aromatic rings. The highest BCUT2D eigenvalue weighted by atomic mass is 16.2. The minimum Gasteiger partial charge on any atom is -0.351 e. The van der Waals surface area contributed by atoms with Gasteiger partial charge in [0.05, 0.1) is 6.54 Å². The highest BCUT2D eigenvalue weighted by Gasteiger charge is 2.28. The van der Waals surface area contributed by atoms with Crippen molar-refractivity contribution in [3.8, 4) is 0 Å². The summed E-state index contributed by atoms with van der Waals surface area (Å²) in [4.78, 5) is 21.4. The van der Waals surface area contributed by atoms with Crippen LogP contribution >= 0.6 is 0 Å². The summed E-state index contributed by atoms with van der Waals surface area (Å²) in [5.41, 5.74) is 4.86. The Balaban J connectivity index is 2.25. The molecule has 0 atom stereocenters. The molecule has 0 aliphatic heterocycles. The lowest BCUT2D eigenvalue weighted by Crippen LogP contribution is -2.47. The molecule has 5 heteroatoms. The largest absolute Gasteiger partial charge is 0.351 e. The van der Waals surface area contributed by atoms with Crippen LogP contribution in [0.2, 0.25) is 0 Å². The molecule has 0 bridgehead atoms. The lowest BCUT2D eigenvalue weighted by atomic mass is 10.0. The molecule has 1 rings (SSSR count). The van der Waals surface area contributed by atoms with Crippen LogP contribution in [-0.2, 0) is 4.79 Å². The maximum absolute atomic E-state index is 11.1. The number of amides is 3. The zero-order valence-corrected chi connectivity index (χ0v) is 8.43. The fourth-order valence-corrected chi connectivity index (χ4v) is 1.81. The number of urea groups is 1. The van der Waals surface area contributed by atoms with Crippen molar-refractivity contribution >= 4 is 11.9 Å². The van der Waals surface area contributed by atoms with Gasteiger partial charge in [0.25, 0.3) is 0 Å². The predicted molar refractivity (Wildman–Crippen MR) is 52.6 cm³/mol. The van der Waals surface area contributed by atoms with Crippen LogP contribution in [0.5, 0.6) is 0 Å². The van der Waals surface area contributed by atoms with Crippen LogP contribution in [0.3, 0.4) is 0 Å². The second-order valence-corrected chi connectivity index (χ2v) is 4.03. The molecule has 0 radical (unpaired) electrons. The molecule has 1 aliphatic carbocycles. The lowest BCUT2D eigenvalue weighted by Gasteiger charge is -2.24. The van der Waals surface area contributed by atoms with Crippen LogP contribution in [0.15, 0.2) is 0 Å². The number of carbonyl (C=O) groups excluding carboxylic acids is 2. The van der Waals surface area contributed by atoms with Gasteiger partial charge in [0.1, 0.15) is 0 Å². The van der Waals surface area contributed by atoms with E-state index in [2.05, 4.69) is 12.2 Å². The normalized spacial score (nSPS) is 19.2. The van der Waals surface area contributed by atoms with E-state index >= 15 is 0 Å². The average molecular weight is 199 g/mol. The number of hydrogen-bond acceptors (Lipinski definition) is 3. The standard InChI is InChI=1S/C9H17N3O2/c1-9(4-2-3-5-9)11-6-7(13)12-8(10)14/h11H,2-6H2,1H3,(H3,10,12,13,14). The molecular weight excluding hydrogens is 182 g/mol. The molecule has 5 nitrogen and oxygen atoms in total. The van der Waals surface area contributed by atoms with Gasteiger partial charge in [-0.2, -0.15) is 0 Å². The predicted octanol–water partition coefficient (Wildman–Crippen LogP) is 0.104. The number of nitrogens with two attached hydrogens (primary N) is 1. The molecule has 0 heterocycles. The molecule has 3 amide bonds. The summed E-state index contributed by atoms with van der Waals surface area (Å²) in [6.07, 6.45) is 4.55. The quantitative estimate of drug-likeness (QED) is 0.603. The van der Waals surface area contributed by atoms with E-state index in [1.807, 2.05) is 5.32 Å². The fraction of sp³-hybridized carbons (Fsp3) is 0.778. The van der Waals surface area contributed by atoms with E-state index in [0.29, 0.717) is 0 Å². The minimum absolute atomic E-state index is 0.0506. The fourth-order valence-electron chi connectivity index (χ4n) is 1.81. The van der Waals surface area contributed by atoms with Crippen LogP contribution in [-0.4, -0.2) is 24.0 Å². The van der Waals surface area contributed by atoms with Gasteiger partial charge in [-0.3, -0.25) is 10.1 Å². The Kier molecular flexibility index (Phi) is 3.46. The smallest absolute Gasteiger partial charge is 0.318 e. The van der Waals surface area contributed by atoms with E-state index in [4.69, 9.17) is 5.73 Å². The van der Waals surface area contributed by atoms with Gasteiger partial charge in [-0.1, -0.05) is 12.8 Å². The molecule has 0 saturated heterocycles. The SMILES string of the molecule is CC1(NCC(=O)NC(N)=O)CCCC1. The van der Waals surface area contributed by atoms with Crippen molar-refractivity contribution < 1.29 is 9.59 Å². The molecule has 0 aromatic carbocycles. The van der Waals surface area contributed by atoms with E-state index in [1.165, 1.54) is 12.8 Å². The molecule has 1 saturated carbocycles. The maximum atomic E-state index is 11.1. The Labute approximate surface area is 83.4 Å². The zero-order chi connectivity index (χ0) is 10.6. The van der Waals surface area contributed by atoms with Crippen molar-refractivity contribution in [2.45, 2.75) is 38.1 Å². The molecular formula is C9H17N3O2. The number of rotatable bonds is 3. The molecule has 0 unspecified atom stereocenters. The van der Waals surface area contributed by atoms with Gasteiger partial charge in [-0.05, 0) is 19.8 Å². The summed E-state index contributed by atoms with van der Waals surface area (Å²) in [6, 6.07) is -0.798. The third-order valence-corrected chi connectivity index (χ3v) is 2.65. The number of hydrogen-bond donors (Lipinski definition) is 3. The summed E-state index contributed by atoms with van der Waals surface area (Å²) in [5, 5.41) is 5.16. The average Bonchev–Trinajstić information content (AvgIpc) is 2.49. The highest BCUT2D eigenvalue weighted by molar-refractivity contribution is 5.94. The third kappa shape index (κ3) is 3.33. The van der Waals surface area contributed by atoms with Crippen LogP contribution in [0.1, 0.15) is 32.6 Å². The van der Waals surface area contributed by atoms with Gasteiger partial charge in [-0.25, -0.2) is 4.79 Å². The summed E-state index contributed by atoms with van der Waals surface area (Å²) >= 11 is 0. The first kappa shape index (κ1) is 11.0. The van der Waals surface area contributed by atoms with Crippen LogP contribution in [0.25, 0.3) is 0 Å². The Bertz CT molecular complexity index is 234. The summed E-state index contributed by atoms with van der Waals surface area (Å²) in [5.74, 6) is -0.370. The van der Waals surface area contributed by atoms with Crippen molar-refractivity contribution in [3.05, 3.63) is 0 Å². The van der Waals surface area contributed by atoms with Gasteiger partial charge < -0.3 is 11.1 Å². The minimum atomic E-state index is -0.798. The second kappa shape index (κ2) is 4.41. The molecule has 0 aromatic heterocycles. The number of imide groups is 1. The zero-order valence-electron chi connectivity index (χ0n) is 8.43. The first-order valence-electron chi connectivity index (χ1n) is 4.86. The van der Waals surface area contributed by atoms with Crippen LogP contribution < -0.4 is 16.4 Å². The van der Waals surface area contributed by atoms with Crippen molar-refractivity contribution in [2.24, 2.45) is 5.73 Å². The third-order valence-electron chi connectivity index (χ3n) is 2.65. The molecule has 4 N–H and O–H groups in total. The molecule has 1 aliphatic rings. The van der Waals surface area contributed by atoms with E-state index in [1.54, 1.807) is 0 Å². The second-order valence-electron chi connectivity index (χ2n) is 4.03. The van der Waals surface area contributed by atoms with Crippen molar-refractivity contribution in [2.75, 3.05) is 6.54 Å². The van der Waals surface area contributed by atoms with Gasteiger partial charge >= 0.3 is 6.03 Å². The first-order valence-corrected chi connectivity index (χ1v) is 4.86. The molecule has 1 fully saturated rings. The van der Waals surface area contributed by atoms with E-state index in [-0.39, 0.29) is 18.0 Å². The van der Waals surface area contributed by atoms with Crippen LogP contribution in [0, 0.1) is 0 Å².